The number of nitrogens with zero attached hydrogens (tertiary/aromatic N) is 2. The van der Waals surface area contributed by atoms with Gasteiger partial charge in [0.2, 0.25) is 0 Å². The second-order valence-corrected chi connectivity index (χ2v) is 9.72. The normalized spacial score (nSPS) is 15.3. The van der Waals surface area contributed by atoms with E-state index in [1.165, 1.54) is 102 Å². The maximum absolute atomic E-state index is 11.0. The lowest BCUT2D eigenvalue weighted by atomic mass is 10.0. The molecule has 0 spiro atoms. The van der Waals surface area contributed by atoms with E-state index < -0.39 is 5.97 Å². The highest BCUT2D eigenvalue weighted by molar-refractivity contribution is 5.87. The summed E-state index contributed by atoms with van der Waals surface area (Å²) in [7, 11) is 0. The third kappa shape index (κ3) is 12.0. The number of hydrogen-bond donors (Lipinski definition) is 1. The molecule has 1 heterocycles. The van der Waals surface area contributed by atoms with Gasteiger partial charge in [-0.1, -0.05) is 103 Å². The number of rotatable bonds is 18. The number of carboxylic acids is 1. The van der Waals surface area contributed by atoms with Gasteiger partial charge in [-0.3, -0.25) is 4.90 Å². The molecule has 0 aliphatic carbocycles. The van der Waals surface area contributed by atoms with E-state index in [2.05, 4.69) is 16.7 Å². The van der Waals surface area contributed by atoms with Crippen LogP contribution >= 0.6 is 0 Å². The van der Waals surface area contributed by atoms with Crippen LogP contribution in [0.4, 0.5) is 0 Å². The number of piperazine rings is 1. The third-order valence-corrected chi connectivity index (χ3v) is 6.90. The van der Waals surface area contributed by atoms with E-state index >= 15 is 0 Å². The van der Waals surface area contributed by atoms with Gasteiger partial charge in [-0.05, 0) is 30.7 Å². The Labute approximate surface area is 197 Å². The van der Waals surface area contributed by atoms with Gasteiger partial charge in [0.1, 0.15) is 0 Å². The fraction of sp³-hybridized carbons (Fsp3) is 0.750. The number of unbranched alkanes of at least 4 members (excludes halogenated alkanes) is 13. The van der Waals surface area contributed by atoms with Crippen LogP contribution in [0.25, 0.3) is 0 Å². The number of benzene rings is 1. The Morgan fingerprint density at radius 3 is 1.59 bits per heavy atom. The molecule has 1 aromatic rings. The summed E-state index contributed by atoms with van der Waals surface area (Å²) in [5.41, 5.74) is 1.57. The SMILES string of the molecule is CCCCCCCCCCCCCCCCN1CCN(Cc2ccc(C(=O)O)cc2)CC1. The monoisotopic (exact) mass is 444 g/mol. The first kappa shape index (κ1) is 26.9. The Morgan fingerprint density at radius 2 is 1.12 bits per heavy atom. The highest BCUT2D eigenvalue weighted by Crippen LogP contribution is 2.14. The van der Waals surface area contributed by atoms with Crippen molar-refractivity contribution in [2.45, 2.75) is 103 Å². The Balaban J connectivity index is 1.38. The van der Waals surface area contributed by atoms with Crippen LogP contribution in [0.3, 0.4) is 0 Å². The molecule has 0 aromatic heterocycles. The molecule has 0 unspecified atom stereocenters. The molecule has 1 fully saturated rings. The van der Waals surface area contributed by atoms with Crippen molar-refractivity contribution >= 4 is 5.97 Å². The second kappa shape index (κ2) is 17.1. The van der Waals surface area contributed by atoms with Gasteiger partial charge in [0.15, 0.2) is 0 Å². The number of carbonyl (C=O) groups is 1. The summed E-state index contributed by atoms with van der Waals surface area (Å²) in [4.78, 5) is 16.1. The highest BCUT2D eigenvalue weighted by Gasteiger charge is 2.16. The zero-order chi connectivity index (χ0) is 22.9. The van der Waals surface area contributed by atoms with Crippen LogP contribution in [-0.2, 0) is 6.54 Å². The molecule has 1 aromatic carbocycles. The van der Waals surface area contributed by atoms with E-state index in [9.17, 15) is 4.79 Å². The van der Waals surface area contributed by atoms with Gasteiger partial charge < -0.3 is 10.0 Å². The van der Waals surface area contributed by atoms with Crippen LogP contribution in [0.5, 0.6) is 0 Å². The van der Waals surface area contributed by atoms with E-state index in [4.69, 9.17) is 5.11 Å². The predicted octanol–water partition coefficient (Wildman–Crippen LogP) is 6.98. The Kier molecular flexibility index (Phi) is 14.4. The second-order valence-electron chi connectivity index (χ2n) is 9.72. The lowest BCUT2D eigenvalue weighted by Crippen LogP contribution is -2.46. The summed E-state index contributed by atoms with van der Waals surface area (Å²) in [6.07, 6.45) is 19.9. The molecule has 0 saturated carbocycles. The van der Waals surface area contributed by atoms with Crippen molar-refractivity contribution in [2.24, 2.45) is 0 Å². The molecule has 1 saturated heterocycles. The molecule has 0 radical (unpaired) electrons. The molecule has 4 heteroatoms. The highest BCUT2D eigenvalue weighted by atomic mass is 16.4. The van der Waals surface area contributed by atoms with Crippen molar-refractivity contribution in [3.63, 3.8) is 0 Å². The van der Waals surface area contributed by atoms with E-state index in [-0.39, 0.29) is 0 Å². The molecule has 4 nitrogen and oxygen atoms in total. The first-order valence-electron chi connectivity index (χ1n) is 13.5. The van der Waals surface area contributed by atoms with E-state index in [0.717, 1.165) is 32.7 Å². The number of hydrogen-bond acceptors (Lipinski definition) is 3. The molecular formula is C28H48N2O2. The maximum atomic E-state index is 11.0. The van der Waals surface area contributed by atoms with Crippen molar-refractivity contribution in [2.75, 3.05) is 32.7 Å². The molecular weight excluding hydrogens is 396 g/mol. The van der Waals surface area contributed by atoms with Gasteiger partial charge in [0, 0.05) is 32.7 Å². The topological polar surface area (TPSA) is 43.8 Å². The lowest BCUT2D eigenvalue weighted by molar-refractivity contribution is 0.0697. The average Bonchev–Trinajstić information content (AvgIpc) is 2.81. The standard InChI is InChI=1S/C28H48N2O2/c1-2-3-4-5-6-7-8-9-10-11-12-13-14-15-20-29-21-23-30(24-22-29)25-26-16-18-27(19-17-26)28(31)32/h16-19H,2-15,20-25H2,1H3,(H,31,32). The van der Waals surface area contributed by atoms with E-state index in [1.807, 2.05) is 12.1 Å². The van der Waals surface area contributed by atoms with Gasteiger partial charge in [-0.25, -0.2) is 4.79 Å². The number of aromatic carboxylic acids is 1. The van der Waals surface area contributed by atoms with E-state index in [0.29, 0.717) is 5.56 Å². The van der Waals surface area contributed by atoms with Crippen LogP contribution in [0.1, 0.15) is 113 Å². The maximum Gasteiger partial charge on any atom is 0.335 e. The molecule has 32 heavy (non-hydrogen) atoms. The largest absolute Gasteiger partial charge is 0.478 e. The van der Waals surface area contributed by atoms with Crippen LogP contribution in [-0.4, -0.2) is 53.6 Å². The Hall–Kier alpha value is -1.39. The molecule has 1 aliphatic rings. The zero-order valence-electron chi connectivity index (χ0n) is 20.7. The fourth-order valence-electron chi connectivity index (χ4n) is 4.71. The first-order chi connectivity index (χ1) is 15.7. The van der Waals surface area contributed by atoms with Crippen LogP contribution in [0, 0.1) is 0 Å². The zero-order valence-corrected chi connectivity index (χ0v) is 20.7. The van der Waals surface area contributed by atoms with Gasteiger partial charge in [-0.2, -0.15) is 0 Å². The van der Waals surface area contributed by atoms with E-state index in [1.54, 1.807) is 12.1 Å². The molecule has 1 aliphatic heterocycles. The minimum atomic E-state index is -0.853. The minimum Gasteiger partial charge on any atom is -0.478 e. The summed E-state index contributed by atoms with van der Waals surface area (Å²) in [6, 6.07) is 7.32. The smallest absolute Gasteiger partial charge is 0.335 e. The van der Waals surface area contributed by atoms with Crippen LogP contribution in [0.2, 0.25) is 0 Å². The van der Waals surface area contributed by atoms with Crippen molar-refractivity contribution in [3.8, 4) is 0 Å². The summed E-state index contributed by atoms with van der Waals surface area (Å²) in [5, 5.41) is 9.01. The number of carboxylic acid groups (broad SMARTS) is 1. The van der Waals surface area contributed by atoms with Crippen molar-refractivity contribution in [1.29, 1.82) is 0 Å². The third-order valence-electron chi connectivity index (χ3n) is 6.90. The van der Waals surface area contributed by atoms with Crippen molar-refractivity contribution < 1.29 is 9.90 Å². The van der Waals surface area contributed by atoms with Gasteiger partial charge in [-0.15, -0.1) is 0 Å². The molecule has 1 N–H and O–H groups in total. The Bertz CT molecular complexity index is 594. The average molecular weight is 445 g/mol. The Morgan fingerprint density at radius 1 is 0.688 bits per heavy atom. The van der Waals surface area contributed by atoms with Crippen LogP contribution in [0.15, 0.2) is 24.3 Å². The summed E-state index contributed by atoms with van der Waals surface area (Å²) < 4.78 is 0. The summed E-state index contributed by atoms with van der Waals surface area (Å²) in [6.45, 7) is 9.00. The lowest BCUT2D eigenvalue weighted by Gasteiger charge is -2.34. The molecule has 2 rings (SSSR count). The fourth-order valence-corrected chi connectivity index (χ4v) is 4.71. The van der Waals surface area contributed by atoms with Gasteiger partial charge in [0.25, 0.3) is 0 Å². The first-order valence-corrected chi connectivity index (χ1v) is 13.5. The molecule has 182 valence electrons. The molecule has 0 atom stereocenters. The van der Waals surface area contributed by atoms with Crippen molar-refractivity contribution in [3.05, 3.63) is 35.4 Å². The molecule has 0 amide bonds. The van der Waals surface area contributed by atoms with Gasteiger partial charge >= 0.3 is 5.97 Å². The summed E-state index contributed by atoms with van der Waals surface area (Å²) >= 11 is 0. The summed E-state index contributed by atoms with van der Waals surface area (Å²) in [5.74, 6) is -0.853. The quantitative estimate of drug-likeness (QED) is 0.248. The van der Waals surface area contributed by atoms with Gasteiger partial charge in [0.05, 0.1) is 5.56 Å². The van der Waals surface area contributed by atoms with Crippen LogP contribution < -0.4 is 0 Å². The predicted molar refractivity (Wildman–Crippen MR) is 135 cm³/mol. The van der Waals surface area contributed by atoms with Crippen molar-refractivity contribution in [1.82, 2.24) is 9.80 Å². The minimum absolute atomic E-state index is 0.367. The molecule has 0 bridgehead atoms.